The van der Waals surface area contributed by atoms with E-state index in [9.17, 15) is 4.79 Å². The smallest absolute Gasteiger partial charge is 0.318 e. The monoisotopic (exact) mass is 357 g/mol. The Balaban J connectivity index is 1.90. The number of aryl methyl sites for hydroxylation is 1. The fourth-order valence-electron chi connectivity index (χ4n) is 2.43. The summed E-state index contributed by atoms with van der Waals surface area (Å²) in [5.41, 5.74) is 2.07. The van der Waals surface area contributed by atoms with E-state index in [4.69, 9.17) is 0 Å². The van der Waals surface area contributed by atoms with Crippen LogP contribution in [0.25, 0.3) is 6.08 Å². The molecular weight excluding hydrogens is 330 g/mol. The normalized spacial score (nSPS) is 11.2. The number of rotatable bonds is 8. The average Bonchev–Trinajstić information content (AvgIpc) is 3.07. The number of urea groups is 1. The summed E-state index contributed by atoms with van der Waals surface area (Å²) in [6.45, 7) is 8.12. The summed E-state index contributed by atoms with van der Waals surface area (Å²) in [5, 5.41) is 6.11. The lowest BCUT2D eigenvalue weighted by molar-refractivity contribution is 0.196. The van der Waals surface area contributed by atoms with Gasteiger partial charge in [-0.25, -0.2) is 9.78 Å². The zero-order chi connectivity index (χ0) is 18.1. The van der Waals surface area contributed by atoms with Gasteiger partial charge in [-0.15, -0.1) is 11.3 Å². The molecular formula is C20H27N3OS. The largest absolute Gasteiger partial charge is 0.332 e. The van der Waals surface area contributed by atoms with Crippen LogP contribution in [-0.4, -0.2) is 29.0 Å². The van der Waals surface area contributed by atoms with Crippen LogP contribution in [0.1, 0.15) is 37.0 Å². The van der Waals surface area contributed by atoms with Gasteiger partial charge >= 0.3 is 6.03 Å². The van der Waals surface area contributed by atoms with E-state index in [0.29, 0.717) is 19.0 Å². The highest BCUT2D eigenvalue weighted by molar-refractivity contribution is 7.09. The highest BCUT2D eigenvalue weighted by Gasteiger charge is 2.13. The zero-order valence-corrected chi connectivity index (χ0v) is 16.1. The molecule has 5 heteroatoms. The van der Waals surface area contributed by atoms with E-state index < -0.39 is 0 Å². The highest BCUT2D eigenvalue weighted by atomic mass is 32.1. The maximum Gasteiger partial charge on any atom is 0.318 e. The van der Waals surface area contributed by atoms with Gasteiger partial charge in [-0.1, -0.05) is 63.3 Å². The quantitative estimate of drug-likeness (QED) is 0.751. The van der Waals surface area contributed by atoms with Crippen molar-refractivity contribution in [3.8, 4) is 0 Å². The van der Waals surface area contributed by atoms with Crippen molar-refractivity contribution in [3.05, 3.63) is 58.1 Å². The maximum atomic E-state index is 12.5. The van der Waals surface area contributed by atoms with E-state index in [1.807, 2.05) is 34.6 Å². The van der Waals surface area contributed by atoms with Crippen LogP contribution >= 0.6 is 11.3 Å². The summed E-state index contributed by atoms with van der Waals surface area (Å²) in [6.07, 6.45) is 5.02. The maximum absolute atomic E-state index is 12.5. The van der Waals surface area contributed by atoms with Crippen molar-refractivity contribution in [1.82, 2.24) is 15.2 Å². The van der Waals surface area contributed by atoms with E-state index in [1.165, 1.54) is 0 Å². The third-order valence-corrected chi connectivity index (χ3v) is 4.67. The Hall–Kier alpha value is -2.14. The van der Waals surface area contributed by atoms with Crippen LogP contribution < -0.4 is 5.32 Å². The summed E-state index contributed by atoms with van der Waals surface area (Å²) in [6, 6.07) is 10.1. The van der Waals surface area contributed by atoms with E-state index >= 15 is 0 Å². The number of aromatic nitrogens is 1. The molecule has 2 rings (SSSR count). The summed E-state index contributed by atoms with van der Waals surface area (Å²) >= 11 is 1.64. The average molecular weight is 358 g/mol. The van der Waals surface area contributed by atoms with Gasteiger partial charge < -0.3 is 10.2 Å². The molecule has 0 radical (unpaired) electrons. The number of hydrogen-bond donors (Lipinski definition) is 1. The second kappa shape index (κ2) is 9.99. The third kappa shape index (κ3) is 6.70. The molecule has 1 heterocycles. The fraction of sp³-hybridized carbons (Fsp3) is 0.400. The molecule has 2 aromatic rings. The van der Waals surface area contributed by atoms with Crippen molar-refractivity contribution in [2.45, 2.75) is 33.7 Å². The first-order valence-corrected chi connectivity index (χ1v) is 9.64. The predicted octanol–water partition coefficient (Wildman–Crippen LogP) is 4.59. The Morgan fingerprint density at radius 3 is 2.72 bits per heavy atom. The first-order chi connectivity index (χ1) is 12.1. The van der Waals surface area contributed by atoms with Crippen LogP contribution in [0.5, 0.6) is 0 Å². The molecule has 0 aliphatic carbocycles. The zero-order valence-electron chi connectivity index (χ0n) is 15.2. The first kappa shape index (κ1) is 19.2. The van der Waals surface area contributed by atoms with Gasteiger partial charge in [0.2, 0.25) is 0 Å². The number of nitrogens with one attached hydrogen (secondary N) is 1. The molecule has 0 saturated heterocycles. The fourth-order valence-corrected chi connectivity index (χ4v) is 3.18. The lowest BCUT2D eigenvalue weighted by Crippen LogP contribution is -2.41. The Bertz CT molecular complexity index is 679. The molecule has 2 amide bonds. The van der Waals surface area contributed by atoms with Crippen LogP contribution in [0.4, 0.5) is 4.79 Å². The second-order valence-electron chi connectivity index (χ2n) is 6.36. The van der Waals surface area contributed by atoms with Gasteiger partial charge in [0.25, 0.3) is 0 Å². The molecule has 0 fully saturated rings. The predicted molar refractivity (Wildman–Crippen MR) is 106 cm³/mol. The summed E-state index contributed by atoms with van der Waals surface area (Å²) in [4.78, 5) is 18.9. The van der Waals surface area contributed by atoms with Gasteiger partial charge in [0, 0.05) is 18.5 Å². The van der Waals surface area contributed by atoms with Gasteiger partial charge in [0.05, 0.1) is 17.2 Å². The van der Waals surface area contributed by atoms with Crippen molar-refractivity contribution >= 4 is 23.4 Å². The van der Waals surface area contributed by atoms with Crippen molar-refractivity contribution in [1.29, 1.82) is 0 Å². The van der Waals surface area contributed by atoms with E-state index in [1.54, 1.807) is 11.3 Å². The van der Waals surface area contributed by atoms with Crippen LogP contribution in [0.15, 0.2) is 41.8 Å². The van der Waals surface area contributed by atoms with Crippen molar-refractivity contribution < 1.29 is 4.79 Å². The minimum Gasteiger partial charge on any atom is -0.332 e. The van der Waals surface area contributed by atoms with Crippen LogP contribution in [0, 0.1) is 5.92 Å². The molecule has 0 atom stereocenters. The summed E-state index contributed by atoms with van der Waals surface area (Å²) in [5.74, 6) is 0.418. The molecule has 0 aliphatic rings. The number of nitrogens with zero attached hydrogens (tertiary/aromatic N) is 2. The van der Waals surface area contributed by atoms with Crippen LogP contribution in [-0.2, 0) is 13.0 Å². The molecule has 1 N–H and O–H groups in total. The Labute approximate surface area is 154 Å². The Morgan fingerprint density at radius 1 is 1.32 bits per heavy atom. The highest BCUT2D eigenvalue weighted by Crippen LogP contribution is 2.10. The van der Waals surface area contributed by atoms with Crippen LogP contribution in [0.3, 0.4) is 0 Å². The Morgan fingerprint density at radius 2 is 2.08 bits per heavy atom. The summed E-state index contributed by atoms with van der Waals surface area (Å²) < 4.78 is 0. The SMILES string of the molecule is CCc1nc(CNC(=O)N(C/C=C/c2ccccc2)CC(C)C)cs1. The van der Waals surface area contributed by atoms with Gasteiger partial charge in [0.15, 0.2) is 0 Å². The molecule has 0 unspecified atom stereocenters. The van der Waals surface area contributed by atoms with Gasteiger partial charge in [0.1, 0.15) is 0 Å². The number of benzene rings is 1. The minimum absolute atomic E-state index is 0.0440. The molecule has 0 spiro atoms. The number of hydrogen-bond acceptors (Lipinski definition) is 3. The number of thiazole rings is 1. The molecule has 25 heavy (non-hydrogen) atoms. The number of carbonyl (C=O) groups excluding carboxylic acids is 1. The lowest BCUT2D eigenvalue weighted by Gasteiger charge is -2.23. The second-order valence-corrected chi connectivity index (χ2v) is 7.30. The molecule has 1 aromatic carbocycles. The van der Waals surface area contributed by atoms with E-state index in [-0.39, 0.29) is 6.03 Å². The van der Waals surface area contributed by atoms with Crippen LogP contribution in [0.2, 0.25) is 0 Å². The minimum atomic E-state index is -0.0440. The molecule has 1 aromatic heterocycles. The molecule has 0 saturated carbocycles. The van der Waals surface area contributed by atoms with Crippen molar-refractivity contribution in [3.63, 3.8) is 0 Å². The van der Waals surface area contributed by atoms with Gasteiger partial charge in [-0.2, -0.15) is 0 Å². The molecule has 0 aliphatic heterocycles. The summed E-state index contributed by atoms with van der Waals surface area (Å²) in [7, 11) is 0. The molecule has 0 bridgehead atoms. The van der Waals surface area contributed by atoms with E-state index in [2.05, 4.69) is 49.3 Å². The first-order valence-electron chi connectivity index (χ1n) is 8.76. The Kier molecular flexibility index (Phi) is 7.67. The lowest BCUT2D eigenvalue weighted by atomic mass is 10.2. The van der Waals surface area contributed by atoms with Gasteiger partial charge in [-0.3, -0.25) is 0 Å². The standard InChI is InChI=1S/C20H27N3OS/c1-4-19-22-18(15-25-19)13-21-20(24)23(14-16(2)3)12-8-11-17-9-6-5-7-10-17/h5-11,15-16H,4,12-14H2,1-3H3,(H,21,24)/b11-8+. The molecule has 134 valence electrons. The van der Waals surface area contributed by atoms with Crippen molar-refractivity contribution in [2.24, 2.45) is 5.92 Å². The molecule has 4 nitrogen and oxygen atoms in total. The number of amides is 2. The number of carbonyl (C=O) groups is 1. The van der Waals surface area contributed by atoms with Crippen molar-refractivity contribution in [2.75, 3.05) is 13.1 Å². The van der Waals surface area contributed by atoms with Gasteiger partial charge in [-0.05, 0) is 17.9 Å². The third-order valence-electron chi connectivity index (χ3n) is 3.63. The topological polar surface area (TPSA) is 45.2 Å². The van der Waals surface area contributed by atoms with E-state index in [0.717, 1.165) is 29.2 Å².